The molecule has 0 radical (unpaired) electrons. The van der Waals surface area contributed by atoms with E-state index in [1.165, 1.54) is 32.4 Å². The van der Waals surface area contributed by atoms with Crippen molar-refractivity contribution in [2.45, 2.75) is 39.2 Å². The largest absolute Gasteiger partial charge is 0.355 e. The molecule has 118 valence electrons. The zero-order valence-electron chi connectivity index (χ0n) is 13.7. The molecule has 1 atom stereocenters. The van der Waals surface area contributed by atoms with Crippen molar-refractivity contribution in [2.24, 2.45) is 11.8 Å². The monoisotopic (exact) mass is 298 g/mol. The van der Waals surface area contributed by atoms with Gasteiger partial charge in [-0.25, -0.2) is 4.98 Å². The molecular formula is C18H26N4. The normalized spacial score (nSPS) is 23.4. The summed E-state index contributed by atoms with van der Waals surface area (Å²) in [6.07, 6.45) is 4.00. The first kappa shape index (κ1) is 15.3. The Balaban J connectivity index is 1.76. The third-order valence-electron chi connectivity index (χ3n) is 4.88. The Hall–Kier alpha value is -1.60. The number of nitrogens with zero attached hydrogens (tertiary/aromatic N) is 4. The van der Waals surface area contributed by atoms with Crippen LogP contribution in [0.3, 0.4) is 0 Å². The van der Waals surface area contributed by atoms with E-state index in [9.17, 15) is 0 Å². The number of anilines is 1. The van der Waals surface area contributed by atoms with Gasteiger partial charge in [-0.15, -0.1) is 0 Å². The standard InChI is InChI=1S/C18H26N4/c1-14(2)17-13-22(18-6-3-5-16(11-19)20-18)10-4-9-21(17)12-15-7-8-15/h3,5-6,14-15,17H,4,7-10,12-13H2,1-2H3. The number of aromatic nitrogens is 1. The maximum atomic E-state index is 9.07. The highest BCUT2D eigenvalue weighted by Gasteiger charge is 2.32. The molecule has 3 rings (SSSR count). The average Bonchev–Trinajstić information content (AvgIpc) is 3.34. The minimum absolute atomic E-state index is 0.512. The van der Waals surface area contributed by atoms with Crippen LogP contribution >= 0.6 is 0 Å². The van der Waals surface area contributed by atoms with Crippen LogP contribution in [0.5, 0.6) is 0 Å². The quantitative estimate of drug-likeness (QED) is 0.857. The summed E-state index contributed by atoms with van der Waals surface area (Å²) in [6.45, 7) is 9.16. The molecule has 1 saturated carbocycles. The number of rotatable bonds is 4. The highest BCUT2D eigenvalue weighted by molar-refractivity contribution is 5.42. The van der Waals surface area contributed by atoms with Crippen molar-refractivity contribution < 1.29 is 0 Å². The van der Waals surface area contributed by atoms with Crippen LogP contribution in [0.25, 0.3) is 0 Å². The van der Waals surface area contributed by atoms with Gasteiger partial charge in [0, 0.05) is 32.2 Å². The summed E-state index contributed by atoms with van der Waals surface area (Å²) in [7, 11) is 0. The Morgan fingerprint density at radius 3 is 2.82 bits per heavy atom. The van der Waals surface area contributed by atoms with Gasteiger partial charge in [-0.2, -0.15) is 5.26 Å². The van der Waals surface area contributed by atoms with E-state index in [0.29, 0.717) is 17.7 Å². The fourth-order valence-corrected chi connectivity index (χ4v) is 3.42. The van der Waals surface area contributed by atoms with E-state index in [1.54, 1.807) is 6.07 Å². The number of hydrogen-bond donors (Lipinski definition) is 0. The van der Waals surface area contributed by atoms with Crippen molar-refractivity contribution in [1.82, 2.24) is 9.88 Å². The first-order chi connectivity index (χ1) is 10.7. The summed E-state index contributed by atoms with van der Waals surface area (Å²) in [6, 6.07) is 8.49. The maximum Gasteiger partial charge on any atom is 0.142 e. The van der Waals surface area contributed by atoms with E-state index < -0.39 is 0 Å². The van der Waals surface area contributed by atoms with Crippen molar-refractivity contribution >= 4 is 5.82 Å². The molecule has 0 spiro atoms. The molecule has 22 heavy (non-hydrogen) atoms. The van der Waals surface area contributed by atoms with Crippen molar-refractivity contribution in [2.75, 3.05) is 31.1 Å². The molecule has 0 amide bonds. The van der Waals surface area contributed by atoms with Crippen molar-refractivity contribution in [1.29, 1.82) is 5.26 Å². The minimum atomic E-state index is 0.512. The van der Waals surface area contributed by atoms with Gasteiger partial charge in [-0.05, 0) is 43.2 Å². The molecule has 1 unspecified atom stereocenters. The number of pyridine rings is 1. The lowest BCUT2D eigenvalue weighted by atomic mass is 10.0. The van der Waals surface area contributed by atoms with Crippen molar-refractivity contribution in [3.63, 3.8) is 0 Å². The Morgan fingerprint density at radius 1 is 1.32 bits per heavy atom. The molecule has 0 aromatic carbocycles. The lowest BCUT2D eigenvalue weighted by Gasteiger charge is -2.35. The van der Waals surface area contributed by atoms with Crippen LogP contribution < -0.4 is 4.90 Å². The smallest absolute Gasteiger partial charge is 0.142 e. The molecule has 2 heterocycles. The van der Waals surface area contributed by atoms with Gasteiger partial charge >= 0.3 is 0 Å². The Morgan fingerprint density at radius 2 is 2.14 bits per heavy atom. The third kappa shape index (κ3) is 3.59. The fourth-order valence-electron chi connectivity index (χ4n) is 3.42. The summed E-state index contributed by atoms with van der Waals surface area (Å²) >= 11 is 0. The van der Waals surface area contributed by atoms with E-state index in [2.05, 4.69) is 34.7 Å². The van der Waals surface area contributed by atoms with Crippen LogP contribution in [0.1, 0.15) is 38.8 Å². The molecule has 1 aliphatic carbocycles. The number of nitriles is 1. The zero-order valence-corrected chi connectivity index (χ0v) is 13.7. The van der Waals surface area contributed by atoms with E-state index in [0.717, 1.165) is 24.8 Å². The number of hydrogen-bond acceptors (Lipinski definition) is 4. The Kier molecular flexibility index (Phi) is 4.63. The van der Waals surface area contributed by atoms with Gasteiger partial charge in [-0.3, -0.25) is 4.90 Å². The lowest BCUT2D eigenvalue weighted by molar-refractivity contribution is 0.162. The minimum Gasteiger partial charge on any atom is -0.355 e. The maximum absolute atomic E-state index is 9.07. The van der Waals surface area contributed by atoms with Gasteiger partial charge in [0.25, 0.3) is 0 Å². The van der Waals surface area contributed by atoms with Crippen LogP contribution in [0, 0.1) is 23.2 Å². The molecule has 1 aromatic heterocycles. The second kappa shape index (κ2) is 6.66. The SMILES string of the molecule is CC(C)C1CN(c2cccc(C#N)n2)CCCN1CC1CC1. The fraction of sp³-hybridized carbons (Fsp3) is 0.667. The van der Waals surface area contributed by atoms with Crippen LogP contribution in [0.15, 0.2) is 18.2 Å². The van der Waals surface area contributed by atoms with Gasteiger partial charge in [0.15, 0.2) is 0 Å². The zero-order chi connectivity index (χ0) is 15.5. The highest BCUT2D eigenvalue weighted by Crippen LogP contribution is 2.32. The van der Waals surface area contributed by atoms with Crippen LogP contribution in [-0.2, 0) is 0 Å². The summed E-state index contributed by atoms with van der Waals surface area (Å²) in [5.41, 5.74) is 0.512. The molecule has 0 bridgehead atoms. The Bertz CT molecular complexity index is 544. The summed E-state index contributed by atoms with van der Waals surface area (Å²) in [4.78, 5) is 9.57. The highest BCUT2D eigenvalue weighted by atomic mass is 15.3. The van der Waals surface area contributed by atoms with Gasteiger partial charge in [0.05, 0.1) is 0 Å². The van der Waals surface area contributed by atoms with Gasteiger partial charge in [-0.1, -0.05) is 19.9 Å². The first-order valence-corrected chi connectivity index (χ1v) is 8.53. The molecule has 4 nitrogen and oxygen atoms in total. The van der Waals surface area contributed by atoms with Crippen LogP contribution in [-0.4, -0.2) is 42.1 Å². The predicted octanol–water partition coefficient (Wildman–Crippen LogP) is 2.90. The molecule has 2 fully saturated rings. The van der Waals surface area contributed by atoms with Crippen molar-refractivity contribution in [3.8, 4) is 6.07 Å². The van der Waals surface area contributed by atoms with Crippen LogP contribution in [0.2, 0.25) is 0 Å². The summed E-state index contributed by atoms with van der Waals surface area (Å²) in [5, 5.41) is 9.07. The predicted molar refractivity (Wildman–Crippen MR) is 88.7 cm³/mol. The summed E-state index contributed by atoms with van der Waals surface area (Å²) in [5.74, 6) is 2.53. The molecule has 0 N–H and O–H groups in total. The first-order valence-electron chi connectivity index (χ1n) is 8.53. The van der Waals surface area contributed by atoms with Crippen molar-refractivity contribution in [3.05, 3.63) is 23.9 Å². The van der Waals surface area contributed by atoms with E-state index in [1.807, 2.05) is 12.1 Å². The van der Waals surface area contributed by atoms with E-state index in [-0.39, 0.29) is 0 Å². The average molecular weight is 298 g/mol. The lowest BCUT2D eigenvalue weighted by Crippen LogP contribution is -2.45. The van der Waals surface area contributed by atoms with Gasteiger partial charge < -0.3 is 4.90 Å². The van der Waals surface area contributed by atoms with Gasteiger partial charge in [0.1, 0.15) is 17.6 Å². The molecule has 1 aliphatic heterocycles. The molecule has 1 saturated heterocycles. The Labute approximate surface area is 133 Å². The van der Waals surface area contributed by atoms with Gasteiger partial charge in [0.2, 0.25) is 0 Å². The van der Waals surface area contributed by atoms with E-state index >= 15 is 0 Å². The summed E-state index contributed by atoms with van der Waals surface area (Å²) < 4.78 is 0. The second-order valence-corrected chi connectivity index (χ2v) is 7.04. The molecule has 1 aromatic rings. The molecule has 2 aliphatic rings. The molecular weight excluding hydrogens is 272 g/mol. The third-order valence-corrected chi connectivity index (χ3v) is 4.88. The van der Waals surface area contributed by atoms with Crippen LogP contribution in [0.4, 0.5) is 5.82 Å². The molecule has 4 heteroatoms. The second-order valence-electron chi connectivity index (χ2n) is 7.04. The van der Waals surface area contributed by atoms with E-state index in [4.69, 9.17) is 5.26 Å². The topological polar surface area (TPSA) is 43.2 Å².